The average molecular weight is 152 g/mol. The summed E-state index contributed by atoms with van der Waals surface area (Å²) >= 11 is 0. The molecule has 1 rings (SSSR count). The molecule has 0 aromatic carbocycles. The number of carbonyl (C=O) groups is 1. The Labute approximate surface area is 64.0 Å². The molecule has 0 saturated heterocycles. The average Bonchev–Trinajstić information content (AvgIpc) is 1.93. The van der Waals surface area contributed by atoms with Crippen LogP contribution in [-0.4, -0.2) is 11.0 Å². The summed E-state index contributed by atoms with van der Waals surface area (Å²) in [6.07, 6.45) is 1.43. The van der Waals surface area contributed by atoms with Gasteiger partial charge in [0.2, 0.25) is 5.88 Å². The normalized spacial score (nSPS) is 9.18. The molecule has 58 valence electrons. The van der Waals surface area contributed by atoms with Gasteiger partial charge in [-0.25, -0.2) is 4.98 Å². The standard InChI is InChI=1S/C7H8N2O2/c1-5(10)11-7-3-2-6(8)4-9-7/h2-4H,8H2,1H3. The number of carbonyl (C=O) groups excluding carboxylic acids is 1. The molecule has 0 aliphatic rings. The number of nitrogens with zero attached hydrogens (tertiary/aromatic N) is 1. The summed E-state index contributed by atoms with van der Waals surface area (Å²) in [5, 5.41) is 0. The molecular weight excluding hydrogens is 144 g/mol. The molecule has 1 aromatic rings. The number of nitrogen functional groups attached to an aromatic ring is 1. The molecule has 11 heavy (non-hydrogen) atoms. The summed E-state index contributed by atoms with van der Waals surface area (Å²) in [4.78, 5) is 14.2. The van der Waals surface area contributed by atoms with E-state index in [1.807, 2.05) is 0 Å². The lowest BCUT2D eigenvalue weighted by Crippen LogP contribution is -2.02. The molecule has 0 atom stereocenters. The van der Waals surface area contributed by atoms with E-state index in [2.05, 4.69) is 9.72 Å². The molecule has 4 nitrogen and oxygen atoms in total. The van der Waals surface area contributed by atoms with Gasteiger partial charge in [0, 0.05) is 13.0 Å². The maximum Gasteiger partial charge on any atom is 0.309 e. The third kappa shape index (κ3) is 2.25. The third-order valence-corrected chi connectivity index (χ3v) is 1.01. The summed E-state index contributed by atoms with van der Waals surface area (Å²) < 4.78 is 4.66. The van der Waals surface area contributed by atoms with Gasteiger partial charge in [-0.2, -0.15) is 0 Å². The first-order valence-corrected chi connectivity index (χ1v) is 3.08. The van der Waals surface area contributed by atoms with E-state index in [4.69, 9.17) is 5.73 Å². The Bertz CT molecular complexity index is 256. The number of aromatic nitrogens is 1. The fourth-order valence-electron chi connectivity index (χ4n) is 0.599. The van der Waals surface area contributed by atoms with Crippen LogP contribution < -0.4 is 10.5 Å². The lowest BCUT2D eigenvalue weighted by atomic mass is 10.4. The van der Waals surface area contributed by atoms with E-state index in [1.165, 1.54) is 19.2 Å². The molecule has 1 aromatic heterocycles. The van der Waals surface area contributed by atoms with E-state index in [9.17, 15) is 4.79 Å². The first-order chi connectivity index (χ1) is 5.18. The smallest absolute Gasteiger partial charge is 0.309 e. The van der Waals surface area contributed by atoms with Gasteiger partial charge in [0.25, 0.3) is 0 Å². The van der Waals surface area contributed by atoms with Crippen molar-refractivity contribution in [1.82, 2.24) is 4.98 Å². The first-order valence-electron chi connectivity index (χ1n) is 3.08. The van der Waals surface area contributed by atoms with Crippen LogP contribution >= 0.6 is 0 Å². The van der Waals surface area contributed by atoms with Gasteiger partial charge in [0.05, 0.1) is 11.9 Å². The van der Waals surface area contributed by atoms with Crippen molar-refractivity contribution in [3.05, 3.63) is 18.3 Å². The maximum absolute atomic E-state index is 10.4. The van der Waals surface area contributed by atoms with Crippen molar-refractivity contribution in [1.29, 1.82) is 0 Å². The minimum Gasteiger partial charge on any atom is -0.408 e. The number of ether oxygens (including phenoxy) is 1. The summed E-state index contributed by atoms with van der Waals surface area (Å²) in [6.45, 7) is 1.32. The minimum absolute atomic E-state index is 0.270. The molecule has 4 heteroatoms. The second kappa shape index (κ2) is 3.01. The Balaban J connectivity index is 2.74. The Morgan fingerprint density at radius 1 is 1.64 bits per heavy atom. The number of rotatable bonds is 1. The van der Waals surface area contributed by atoms with Gasteiger partial charge in [0.1, 0.15) is 0 Å². The zero-order valence-electron chi connectivity index (χ0n) is 6.07. The number of esters is 1. The SMILES string of the molecule is CC(=O)Oc1ccc(N)cn1. The van der Waals surface area contributed by atoms with Gasteiger partial charge >= 0.3 is 5.97 Å². The lowest BCUT2D eigenvalue weighted by Gasteiger charge is -1.98. The Hall–Kier alpha value is -1.58. The second-order valence-electron chi connectivity index (χ2n) is 2.02. The molecule has 0 fully saturated rings. The largest absolute Gasteiger partial charge is 0.408 e. The fraction of sp³-hybridized carbons (Fsp3) is 0.143. The summed E-state index contributed by atoms with van der Waals surface area (Å²) in [5.74, 6) is -0.117. The van der Waals surface area contributed by atoms with Gasteiger partial charge in [-0.3, -0.25) is 4.79 Å². The number of anilines is 1. The molecule has 0 radical (unpaired) electrons. The molecule has 0 spiro atoms. The topological polar surface area (TPSA) is 65.2 Å². The minimum atomic E-state index is -0.387. The van der Waals surface area contributed by atoms with Crippen LogP contribution in [0.2, 0.25) is 0 Å². The molecule has 0 saturated carbocycles. The van der Waals surface area contributed by atoms with Crippen LogP contribution in [0, 0.1) is 0 Å². The van der Waals surface area contributed by atoms with Crippen molar-refractivity contribution < 1.29 is 9.53 Å². The van der Waals surface area contributed by atoms with E-state index < -0.39 is 0 Å². The van der Waals surface area contributed by atoms with Gasteiger partial charge < -0.3 is 10.5 Å². The third-order valence-electron chi connectivity index (χ3n) is 1.01. The number of hydrogen-bond acceptors (Lipinski definition) is 4. The van der Waals surface area contributed by atoms with Crippen LogP contribution in [0.4, 0.5) is 5.69 Å². The quantitative estimate of drug-likeness (QED) is 0.598. The number of pyridine rings is 1. The van der Waals surface area contributed by atoms with E-state index in [1.54, 1.807) is 6.07 Å². The van der Waals surface area contributed by atoms with Crippen LogP contribution in [0.3, 0.4) is 0 Å². The van der Waals surface area contributed by atoms with Crippen molar-refractivity contribution in [2.75, 3.05) is 5.73 Å². The molecule has 1 heterocycles. The molecular formula is C7H8N2O2. The van der Waals surface area contributed by atoms with Crippen LogP contribution in [0.15, 0.2) is 18.3 Å². The van der Waals surface area contributed by atoms with Crippen LogP contribution in [0.5, 0.6) is 5.88 Å². The molecule has 0 bridgehead atoms. The van der Waals surface area contributed by atoms with Crippen LogP contribution in [-0.2, 0) is 4.79 Å². The Morgan fingerprint density at radius 3 is 2.82 bits per heavy atom. The highest BCUT2D eigenvalue weighted by atomic mass is 16.5. The number of nitrogens with two attached hydrogens (primary N) is 1. The zero-order chi connectivity index (χ0) is 8.27. The van der Waals surface area contributed by atoms with E-state index in [0.29, 0.717) is 5.69 Å². The van der Waals surface area contributed by atoms with E-state index in [0.717, 1.165) is 0 Å². The van der Waals surface area contributed by atoms with Crippen molar-refractivity contribution in [3.8, 4) is 5.88 Å². The van der Waals surface area contributed by atoms with Crippen LogP contribution in [0.1, 0.15) is 6.92 Å². The maximum atomic E-state index is 10.4. The highest BCUT2D eigenvalue weighted by molar-refractivity contribution is 5.68. The van der Waals surface area contributed by atoms with Gasteiger partial charge in [-0.1, -0.05) is 0 Å². The molecule has 2 N–H and O–H groups in total. The Kier molecular flexibility index (Phi) is 2.06. The van der Waals surface area contributed by atoms with Crippen LogP contribution in [0.25, 0.3) is 0 Å². The summed E-state index contributed by atoms with van der Waals surface area (Å²) in [6, 6.07) is 3.15. The highest BCUT2D eigenvalue weighted by Crippen LogP contribution is 2.07. The molecule has 0 aliphatic carbocycles. The van der Waals surface area contributed by atoms with Gasteiger partial charge in [0.15, 0.2) is 0 Å². The van der Waals surface area contributed by atoms with E-state index in [-0.39, 0.29) is 11.8 Å². The summed E-state index contributed by atoms with van der Waals surface area (Å²) in [5.41, 5.74) is 5.90. The predicted octanol–water partition coefficient (Wildman–Crippen LogP) is 0.589. The molecule has 0 unspecified atom stereocenters. The molecule has 0 amide bonds. The van der Waals surface area contributed by atoms with Crippen molar-refractivity contribution in [3.63, 3.8) is 0 Å². The predicted molar refractivity (Wildman–Crippen MR) is 40.0 cm³/mol. The molecule has 0 aliphatic heterocycles. The Morgan fingerprint density at radius 2 is 2.36 bits per heavy atom. The van der Waals surface area contributed by atoms with Crippen molar-refractivity contribution in [2.24, 2.45) is 0 Å². The highest BCUT2D eigenvalue weighted by Gasteiger charge is 1.96. The second-order valence-corrected chi connectivity index (χ2v) is 2.02. The fourth-order valence-corrected chi connectivity index (χ4v) is 0.599. The zero-order valence-corrected chi connectivity index (χ0v) is 6.07. The van der Waals surface area contributed by atoms with Crippen molar-refractivity contribution in [2.45, 2.75) is 6.92 Å². The lowest BCUT2D eigenvalue weighted by molar-refractivity contribution is -0.132. The summed E-state index contributed by atoms with van der Waals surface area (Å²) in [7, 11) is 0. The van der Waals surface area contributed by atoms with Gasteiger partial charge in [-0.05, 0) is 6.07 Å². The van der Waals surface area contributed by atoms with Crippen molar-refractivity contribution >= 4 is 11.7 Å². The monoisotopic (exact) mass is 152 g/mol. The van der Waals surface area contributed by atoms with E-state index >= 15 is 0 Å². The van der Waals surface area contributed by atoms with Gasteiger partial charge in [-0.15, -0.1) is 0 Å². The number of hydrogen-bond donors (Lipinski definition) is 1. The first kappa shape index (κ1) is 7.53.